The van der Waals surface area contributed by atoms with Crippen molar-refractivity contribution >= 4 is 16.0 Å². The highest BCUT2D eigenvalue weighted by atomic mass is 32.2. The third-order valence-corrected chi connectivity index (χ3v) is 6.56. The zero-order valence-electron chi connectivity index (χ0n) is 15.5. The first-order valence-electron chi connectivity index (χ1n) is 9.11. The first-order valence-corrected chi connectivity index (χ1v) is 10.6. The monoisotopic (exact) mass is 380 g/mol. The zero-order chi connectivity index (χ0) is 18.6. The lowest BCUT2D eigenvalue weighted by atomic mass is 9.87. The Morgan fingerprint density at radius 3 is 2.92 bits per heavy atom. The van der Waals surface area contributed by atoms with Crippen LogP contribution in [-0.4, -0.2) is 59.2 Å². The van der Waals surface area contributed by atoms with Crippen LogP contribution in [0.1, 0.15) is 25.3 Å². The minimum atomic E-state index is -3.44. The second-order valence-electron chi connectivity index (χ2n) is 7.00. The molecule has 0 amide bonds. The standard InChI is InChI=1S/C18H28N4O3S/c1-3-20-17(22-9-7-18(13-22)8-10-25-14-18)21-12-15-5-4-6-16(11-15)26(23,24)19-2/h4-6,11,19H,3,7-10,12-14H2,1-2H3,(H,20,21). The van der Waals surface area contributed by atoms with Crippen LogP contribution >= 0.6 is 0 Å². The molecule has 7 nitrogen and oxygen atoms in total. The largest absolute Gasteiger partial charge is 0.381 e. The van der Waals surface area contributed by atoms with Crippen LogP contribution in [0.25, 0.3) is 0 Å². The molecule has 0 radical (unpaired) electrons. The summed E-state index contributed by atoms with van der Waals surface area (Å²) in [5.41, 5.74) is 1.15. The van der Waals surface area contributed by atoms with Crippen molar-refractivity contribution in [3.63, 3.8) is 0 Å². The van der Waals surface area contributed by atoms with Crippen LogP contribution in [0.5, 0.6) is 0 Å². The molecule has 0 aliphatic carbocycles. The molecule has 1 spiro atoms. The van der Waals surface area contributed by atoms with E-state index in [2.05, 4.69) is 21.9 Å². The van der Waals surface area contributed by atoms with E-state index in [1.807, 2.05) is 6.07 Å². The number of ether oxygens (including phenoxy) is 1. The normalized spacial score (nSPS) is 23.8. The van der Waals surface area contributed by atoms with Crippen LogP contribution < -0.4 is 10.0 Å². The van der Waals surface area contributed by atoms with Crippen LogP contribution in [-0.2, 0) is 21.3 Å². The van der Waals surface area contributed by atoms with Gasteiger partial charge in [0.15, 0.2) is 5.96 Å². The minimum Gasteiger partial charge on any atom is -0.381 e. The maximum absolute atomic E-state index is 12.0. The van der Waals surface area contributed by atoms with E-state index in [0.29, 0.717) is 6.54 Å². The fraction of sp³-hybridized carbons (Fsp3) is 0.611. The van der Waals surface area contributed by atoms with Gasteiger partial charge in [0.05, 0.1) is 18.0 Å². The topological polar surface area (TPSA) is 83.0 Å². The first kappa shape index (κ1) is 19.1. The van der Waals surface area contributed by atoms with E-state index >= 15 is 0 Å². The molecule has 0 bridgehead atoms. The molecule has 0 aromatic heterocycles. The van der Waals surface area contributed by atoms with Crippen molar-refractivity contribution in [3.05, 3.63) is 29.8 Å². The summed E-state index contributed by atoms with van der Waals surface area (Å²) in [5, 5.41) is 3.36. The fourth-order valence-electron chi connectivity index (χ4n) is 3.61. The maximum Gasteiger partial charge on any atom is 0.240 e. The Morgan fingerprint density at radius 2 is 2.23 bits per heavy atom. The molecule has 1 aromatic carbocycles. The van der Waals surface area contributed by atoms with Gasteiger partial charge in [-0.3, -0.25) is 0 Å². The maximum atomic E-state index is 12.0. The number of sulfonamides is 1. The molecule has 8 heteroatoms. The summed E-state index contributed by atoms with van der Waals surface area (Å²) >= 11 is 0. The van der Waals surface area contributed by atoms with Gasteiger partial charge in [-0.25, -0.2) is 18.1 Å². The van der Waals surface area contributed by atoms with Crippen molar-refractivity contribution in [3.8, 4) is 0 Å². The first-order chi connectivity index (χ1) is 12.5. The number of hydrogen-bond donors (Lipinski definition) is 2. The predicted molar refractivity (Wildman–Crippen MR) is 102 cm³/mol. The second kappa shape index (κ2) is 7.94. The minimum absolute atomic E-state index is 0.265. The molecule has 2 fully saturated rings. The lowest BCUT2D eigenvalue weighted by molar-refractivity contribution is 0.156. The van der Waals surface area contributed by atoms with Gasteiger partial charge >= 0.3 is 0 Å². The molecule has 26 heavy (non-hydrogen) atoms. The fourth-order valence-corrected chi connectivity index (χ4v) is 4.41. The summed E-state index contributed by atoms with van der Waals surface area (Å²) in [4.78, 5) is 7.31. The van der Waals surface area contributed by atoms with E-state index < -0.39 is 10.0 Å². The van der Waals surface area contributed by atoms with Gasteiger partial charge in [0, 0.05) is 31.7 Å². The van der Waals surface area contributed by atoms with E-state index in [9.17, 15) is 8.42 Å². The molecule has 2 heterocycles. The molecule has 2 aliphatic rings. The molecule has 2 N–H and O–H groups in total. The number of hydrogen-bond acceptors (Lipinski definition) is 4. The smallest absolute Gasteiger partial charge is 0.240 e. The van der Waals surface area contributed by atoms with Gasteiger partial charge in [0.25, 0.3) is 0 Å². The van der Waals surface area contributed by atoms with Crippen molar-refractivity contribution in [2.24, 2.45) is 10.4 Å². The summed E-state index contributed by atoms with van der Waals surface area (Å²) in [5.74, 6) is 0.887. The number of rotatable bonds is 5. The number of benzene rings is 1. The molecular weight excluding hydrogens is 352 g/mol. The molecular formula is C18H28N4O3S. The van der Waals surface area contributed by atoms with Gasteiger partial charge in [-0.05, 0) is 44.5 Å². The molecule has 1 aromatic rings. The van der Waals surface area contributed by atoms with E-state index in [-0.39, 0.29) is 10.3 Å². The zero-order valence-corrected chi connectivity index (χ0v) is 16.3. The van der Waals surface area contributed by atoms with Gasteiger partial charge in [0.1, 0.15) is 0 Å². The molecule has 144 valence electrons. The van der Waals surface area contributed by atoms with E-state index in [1.165, 1.54) is 7.05 Å². The van der Waals surface area contributed by atoms with E-state index in [1.54, 1.807) is 18.2 Å². The Labute approximate surface area is 155 Å². The number of guanidine groups is 1. The van der Waals surface area contributed by atoms with Crippen LogP contribution in [0.15, 0.2) is 34.2 Å². The van der Waals surface area contributed by atoms with E-state index in [4.69, 9.17) is 9.73 Å². The van der Waals surface area contributed by atoms with Crippen molar-refractivity contribution < 1.29 is 13.2 Å². The molecule has 3 rings (SSSR count). The third kappa shape index (κ3) is 4.19. The van der Waals surface area contributed by atoms with Crippen LogP contribution in [0.3, 0.4) is 0 Å². The van der Waals surface area contributed by atoms with Crippen molar-refractivity contribution in [1.29, 1.82) is 0 Å². The van der Waals surface area contributed by atoms with Crippen LogP contribution in [0, 0.1) is 5.41 Å². The Balaban J connectivity index is 1.73. The summed E-state index contributed by atoms with van der Waals surface area (Å²) in [6.07, 6.45) is 2.25. The Bertz CT molecular complexity index is 757. The average Bonchev–Trinajstić information content (AvgIpc) is 3.29. The average molecular weight is 381 g/mol. The van der Waals surface area contributed by atoms with Crippen LogP contribution in [0.4, 0.5) is 0 Å². The number of nitrogens with zero attached hydrogens (tertiary/aromatic N) is 2. The Hall–Kier alpha value is -1.64. The number of likely N-dealkylation sites (tertiary alicyclic amines) is 1. The third-order valence-electron chi connectivity index (χ3n) is 5.15. The van der Waals surface area contributed by atoms with Gasteiger partial charge in [-0.1, -0.05) is 12.1 Å². The quantitative estimate of drug-likeness (QED) is 0.592. The summed E-state index contributed by atoms with van der Waals surface area (Å²) in [6, 6.07) is 6.92. The highest BCUT2D eigenvalue weighted by Crippen LogP contribution is 2.38. The predicted octanol–water partition coefficient (Wildman–Crippen LogP) is 1.17. The van der Waals surface area contributed by atoms with Crippen molar-refractivity contribution in [2.75, 3.05) is 39.9 Å². The lowest BCUT2D eigenvalue weighted by Gasteiger charge is -2.25. The number of nitrogens with one attached hydrogen (secondary N) is 2. The lowest BCUT2D eigenvalue weighted by Crippen LogP contribution is -2.41. The molecule has 2 aliphatic heterocycles. The van der Waals surface area contributed by atoms with Gasteiger partial charge in [-0.15, -0.1) is 0 Å². The second-order valence-corrected chi connectivity index (χ2v) is 8.89. The summed E-state index contributed by atoms with van der Waals surface area (Å²) < 4.78 is 31.9. The van der Waals surface area contributed by atoms with Gasteiger partial charge in [0.2, 0.25) is 10.0 Å². The van der Waals surface area contributed by atoms with Crippen LogP contribution in [0.2, 0.25) is 0 Å². The Kier molecular flexibility index (Phi) is 5.84. The van der Waals surface area contributed by atoms with Gasteiger partial charge < -0.3 is 15.0 Å². The highest BCUT2D eigenvalue weighted by molar-refractivity contribution is 7.89. The van der Waals surface area contributed by atoms with Crippen molar-refractivity contribution in [1.82, 2.24) is 14.9 Å². The molecule has 2 saturated heterocycles. The molecule has 1 atom stereocenters. The van der Waals surface area contributed by atoms with Crippen molar-refractivity contribution in [2.45, 2.75) is 31.2 Å². The highest BCUT2D eigenvalue weighted by Gasteiger charge is 2.42. The summed E-state index contributed by atoms with van der Waals surface area (Å²) in [7, 11) is -2.02. The van der Waals surface area contributed by atoms with Gasteiger partial charge in [-0.2, -0.15) is 0 Å². The SMILES string of the molecule is CCNC(=NCc1cccc(S(=O)(=O)NC)c1)N1CCC2(CCOC2)C1. The Morgan fingerprint density at radius 1 is 1.38 bits per heavy atom. The summed E-state index contributed by atoms with van der Waals surface area (Å²) in [6.45, 7) is 6.93. The number of aliphatic imine (C=N–C) groups is 1. The van der Waals surface area contributed by atoms with E-state index in [0.717, 1.165) is 57.2 Å². The molecule has 0 saturated carbocycles. The molecule has 1 unspecified atom stereocenters.